The third-order valence-electron chi connectivity index (χ3n) is 3.22. The Morgan fingerprint density at radius 2 is 1.85 bits per heavy atom. The van der Waals surface area contributed by atoms with Crippen LogP contribution >= 0.6 is 11.6 Å². The van der Waals surface area contributed by atoms with Crippen LogP contribution in [-0.2, 0) is 6.54 Å². The predicted molar refractivity (Wildman–Crippen MR) is 80.1 cm³/mol. The van der Waals surface area contributed by atoms with Gasteiger partial charge in [0.2, 0.25) is 0 Å². The van der Waals surface area contributed by atoms with Gasteiger partial charge in [-0.05, 0) is 36.2 Å². The third kappa shape index (κ3) is 3.59. The fourth-order valence-corrected chi connectivity index (χ4v) is 2.14. The van der Waals surface area contributed by atoms with E-state index in [2.05, 4.69) is 5.32 Å². The SMILES string of the molecule is C[C@H](NCc1ccccc1C(=O)O)c1ccc(Cl)cc1. The van der Waals surface area contributed by atoms with Gasteiger partial charge in [0, 0.05) is 17.6 Å². The van der Waals surface area contributed by atoms with Gasteiger partial charge >= 0.3 is 5.97 Å². The molecule has 0 saturated carbocycles. The number of carboxylic acid groups (broad SMARTS) is 1. The van der Waals surface area contributed by atoms with Crippen molar-refractivity contribution >= 4 is 17.6 Å². The summed E-state index contributed by atoms with van der Waals surface area (Å²) in [5.74, 6) is -0.901. The fourth-order valence-electron chi connectivity index (χ4n) is 2.02. The molecule has 0 aromatic heterocycles. The molecule has 2 rings (SSSR count). The van der Waals surface area contributed by atoms with Crippen molar-refractivity contribution in [3.05, 3.63) is 70.2 Å². The summed E-state index contributed by atoms with van der Waals surface area (Å²) in [6.07, 6.45) is 0. The largest absolute Gasteiger partial charge is 0.478 e. The smallest absolute Gasteiger partial charge is 0.336 e. The highest BCUT2D eigenvalue weighted by atomic mass is 35.5. The Hall–Kier alpha value is -1.84. The molecule has 2 aromatic rings. The number of benzene rings is 2. The molecule has 0 amide bonds. The Morgan fingerprint density at radius 1 is 1.20 bits per heavy atom. The average Bonchev–Trinajstić information content (AvgIpc) is 2.45. The van der Waals surface area contributed by atoms with Crippen molar-refractivity contribution in [1.29, 1.82) is 0 Å². The number of carboxylic acids is 1. The van der Waals surface area contributed by atoms with Crippen LogP contribution in [0.5, 0.6) is 0 Å². The molecule has 0 radical (unpaired) electrons. The van der Waals surface area contributed by atoms with E-state index in [1.165, 1.54) is 0 Å². The summed E-state index contributed by atoms with van der Waals surface area (Å²) in [5.41, 5.74) is 2.23. The van der Waals surface area contributed by atoms with Gasteiger partial charge in [-0.15, -0.1) is 0 Å². The zero-order valence-corrected chi connectivity index (χ0v) is 11.9. The second kappa shape index (κ2) is 6.55. The van der Waals surface area contributed by atoms with Gasteiger partial charge < -0.3 is 10.4 Å². The van der Waals surface area contributed by atoms with E-state index < -0.39 is 5.97 Å². The minimum Gasteiger partial charge on any atom is -0.478 e. The summed E-state index contributed by atoms with van der Waals surface area (Å²) in [6, 6.07) is 14.8. The molecule has 0 saturated heterocycles. The number of nitrogens with one attached hydrogen (secondary N) is 1. The molecule has 20 heavy (non-hydrogen) atoms. The highest BCUT2D eigenvalue weighted by Gasteiger charge is 2.10. The highest BCUT2D eigenvalue weighted by Crippen LogP contribution is 2.17. The van der Waals surface area contributed by atoms with E-state index in [0.29, 0.717) is 17.1 Å². The molecule has 104 valence electrons. The normalized spacial score (nSPS) is 12.1. The van der Waals surface area contributed by atoms with Gasteiger partial charge in [-0.1, -0.05) is 41.9 Å². The molecular weight excluding hydrogens is 274 g/mol. The lowest BCUT2D eigenvalue weighted by atomic mass is 10.1. The van der Waals surface area contributed by atoms with Crippen LogP contribution in [0.1, 0.15) is 34.5 Å². The monoisotopic (exact) mass is 289 g/mol. The maximum absolute atomic E-state index is 11.1. The van der Waals surface area contributed by atoms with Gasteiger partial charge in [0.05, 0.1) is 5.56 Å². The molecule has 0 unspecified atom stereocenters. The lowest BCUT2D eigenvalue weighted by molar-refractivity contribution is 0.0695. The fraction of sp³-hybridized carbons (Fsp3) is 0.188. The predicted octanol–water partition coefficient (Wildman–Crippen LogP) is 3.89. The lowest BCUT2D eigenvalue weighted by Gasteiger charge is -2.15. The zero-order valence-electron chi connectivity index (χ0n) is 11.1. The van der Waals surface area contributed by atoms with Crippen molar-refractivity contribution in [2.75, 3.05) is 0 Å². The molecule has 2 N–H and O–H groups in total. The summed E-state index contributed by atoms with van der Waals surface area (Å²) >= 11 is 5.86. The summed E-state index contributed by atoms with van der Waals surface area (Å²) in [7, 11) is 0. The third-order valence-corrected chi connectivity index (χ3v) is 3.47. The molecule has 0 fully saturated rings. The van der Waals surface area contributed by atoms with E-state index in [4.69, 9.17) is 16.7 Å². The van der Waals surface area contributed by atoms with Crippen molar-refractivity contribution < 1.29 is 9.90 Å². The van der Waals surface area contributed by atoms with Crippen LogP contribution in [-0.4, -0.2) is 11.1 Å². The van der Waals surface area contributed by atoms with Crippen molar-refractivity contribution in [3.63, 3.8) is 0 Å². The van der Waals surface area contributed by atoms with Gasteiger partial charge in [-0.2, -0.15) is 0 Å². The molecular formula is C16H16ClNO2. The molecule has 0 spiro atoms. The second-order valence-electron chi connectivity index (χ2n) is 4.62. The van der Waals surface area contributed by atoms with Crippen LogP contribution in [0.2, 0.25) is 5.02 Å². The quantitative estimate of drug-likeness (QED) is 0.878. The summed E-state index contributed by atoms with van der Waals surface area (Å²) < 4.78 is 0. The zero-order chi connectivity index (χ0) is 14.5. The van der Waals surface area contributed by atoms with Crippen LogP contribution < -0.4 is 5.32 Å². The van der Waals surface area contributed by atoms with Crippen LogP contribution in [0.15, 0.2) is 48.5 Å². The lowest BCUT2D eigenvalue weighted by Crippen LogP contribution is -2.19. The van der Waals surface area contributed by atoms with Gasteiger partial charge in [0.1, 0.15) is 0 Å². The highest BCUT2D eigenvalue weighted by molar-refractivity contribution is 6.30. The standard InChI is InChI=1S/C16H16ClNO2/c1-11(12-6-8-14(17)9-7-12)18-10-13-4-2-3-5-15(13)16(19)20/h2-9,11,18H,10H2,1H3,(H,19,20)/t11-/m0/s1. The second-order valence-corrected chi connectivity index (χ2v) is 5.05. The van der Waals surface area contributed by atoms with E-state index in [0.717, 1.165) is 11.1 Å². The number of carbonyl (C=O) groups is 1. The Balaban J connectivity index is 2.05. The van der Waals surface area contributed by atoms with E-state index in [1.807, 2.05) is 43.3 Å². The first-order valence-electron chi connectivity index (χ1n) is 6.38. The van der Waals surface area contributed by atoms with Gasteiger partial charge in [0.25, 0.3) is 0 Å². The first-order chi connectivity index (χ1) is 9.58. The Bertz CT molecular complexity index is 596. The van der Waals surface area contributed by atoms with Crippen LogP contribution in [0.4, 0.5) is 0 Å². The molecule has 3 nitrogen and oxygen atoms in total. The molecule has 0 heterocycles. The number of aromatic carboxylic acids is 1. The maximum Gasteiger partial charge on any atom is 0.336 e. The van der Waals surface area contributed by atoms with Crippen molar-refractivity contribution in [2.45, 2.75) is 19.5 Å². The molecule has 0 bridgehead atoms. The molecule has 0 aliphatic carbocycles. The van der Waals surface area contributed by atoms with Crippen molar-refractivity contribution in [3.8, 4) is 0 Å². The van der Waals surface area contributed by atoms with Crippen molar-refractivity contribution in [2.24, 2.45) is 0 Å². The Labute approximate surface area is 123 Å². The first kappa shape index (κ1) is 14.6. The van der Waals surface area contributed by atoms with Gasteiger partial charge in [-0.3, -0.25) is 0 Å². The van der Waals surface area contributed by atoms with E-state index in [-0.39, 0.29) is 6.04 Å². The minimum atomic E-state index is -0.901. The van der Waals surface area contributed by atoms with E-state index in [1.54, 1.807) is 12.1 Å². The average molecular weight is 290 g/mol. The first-order valence-corrected chi connectivity index (χ1v) is 6.76. The van der Waals surface area contributed by atoms with Gasteiger partial charge in [-0.25, -0.2) is 4.79 Å². The number of hydrogen-bond acceptors (Lipinski definition) is 2. The van der Waals surface area contributed by atoms with Crippen LogP contribution in [0.3, 0.4) is 0 Å². The minimum absolute atomic E-state index is 0.120. The summed E-state index contributed by atoms with van der Waals surface area (Å²) in [5, 5.41) is 13.2. The molecule has 1 atom stereocenters. The van der Waals surface area contributed by atoms with Crippen LogP contribution in [0, 0.1) is 0 Å². The van der Waals surface area contributed by atoms with Crippen LogP contribution in [0.25, 0.3) is 0 Å². The van der Waals surface area contributed by atoms with E-state index >= 15 is 0 Å². The number of halogens is 1. The summed E-state index contributed by atoms with van der Waals surface area (Å²) in [4.78, 5) is 11.1. The Kier molecular flexibility index (Phi) is 4.77. The van der Waals surface area contributed by atoms with E-state index in [9.17, 15) is 4.79 Å². The molecule has 4 heteroatoms. The molecule has 0 aliphatic rings. The topological polar surface area (TPSA) is 49.3 Å². The van der Waals surface area contributed by atoms with Crippen molar-refractivity contribution in [1.82, 2.24) is 5.32 Å². The number of rotatable bonds is 5. The summed E-state index contributed by atoms with van der Waals surface area (Å²) in [6.45, 7) is 2.54. The number of hydrogen-bond donors (Lipinski definition) is 2. The molecule has 0 aliphatic heterocycles. The Morgan fingerprint density at radius 3 is 2.50 bits per heavy atom. The van der Waals surface area contributed by atoms with Gasteiger partial charge in [0.15, 0.2) is 0 Å². The maximum atomic E-state index is 11.1. The molecule has 2 aromatic carbocycles.